The van der Waals surface area contributed by atoms with Crippen molar-refractivity contribution >= 4 is 0 Å². The van der Waals surface area contributed by atoms with Crippen LogP contribution in [0.4, 0.5) is 0 Å². The van der Waals surface area contributed by atoms with Gasteiger partial charge in [-0.2, -0.15) is 5.10 Å². The first kappa shape index (κ1) is 9.10. The van der Waals surface area contributed by atoms with E-state index in [1.54, 1.807) is 0 Å². The molecule has 0 saturated heterocycles. The lowest BCUT2D eigenvalue weighted by molar-refractivity contribution is 0.460. The van der Waals surface area contributed by atoms with Crippen molar-refractivity contribution in [3.63, 3.8) is 0 Å². The average molecular weight is 168 g/mol. The molecule has 0 unspecified atom stereocenters. The molecule has 12 heavy (non-hydrogen) atoms. The van der Waals surface area contributed by atoms with Gasteiger partial charge in [0, 0.05) is 6.54 Å². The van der Waals surface area contributed by atoms with Gasteiger partial charge in [0.2, 0.25) is 0 Å². The molecule has 3 nitrogen and oxygen atoms in total. The molecule has 3 heteroatoms. The minimum absolute atomic E-state index is 0.374. The van der Waals surface area contributed by atoms with Crippen molar-refractivity contribution in [1.82, 2.24) is 9.78 Å². The van der Waals surface area contributed by atoms with Crippen molar-refractivity contribution in [2.24, 2.45) is 0 Å². The van der Waals surface area contributed by atoms with E-state index < -0.39 is 0 Å². The van der Waals surface area contributed by atoms with E-state index in [9.17, 15) is 5.11 Å². The Morgan fingerprint density at radius 3 is 2.58 bits per heavy atom. The molecule has 0 fully saturated rings. The Morgan fingerprint density at radius 1 is 1.42 bits per heavy atom. The quantitative estimate of drug-likeness (QED) is 0.748. The number of hydrogen-bond acceptors (Lipinski definition) is 2. The van der Waals surface area contributed by atoms with E-state index >= 15 is 0 Å². The lowest BCUT2D eigenvalue weighted by Gasteiger charge is -2.02. The Morgan fingerprint density at radius 2 is 2.08 bits per heavy atom. The first-order valence-electron chi connectivity index (χ1n) is 4.45. The Kier molecular flexibility index (Phi) is 2.74. The zero-order chi connectivity index (χ0) is 9.14. The second-order valence-corrected chi connectivity index (χ2v) is 2.95. The summed E-state index contributed by atoms with van der Waals surface area (Å²) in [5, 5.41) is 13.8. The van der Waals surface area contributed by atoms with Gasteiger partial charge in [0.05, 0.1) is 5.69 Å². The summed E-state index contributed by atoms with van der Waals surface area (Å²) in [7, 11) is 0. The Bertz CT molecular complexity index is 266. The highest BCUT2D eigenvalue weighted by atomic mass is 16.3. The summed E-state index contributed by atoms with van der Waals surface area (Å²) in [6.07, 6.45) is 1.94. The van der Waals surface area contributed by atoms with Gasteiger partial charge in [0.25, 0.3) is 0 Å². The Labute approximate surface area is 73.0 Å². The summed E-state index contributed by atoms with van der Waals surface area (Å²) in [5.74, 6) is 0.374. The van der Waals surface area contributed by atoms with Crippen molar-refractivity contribution in [3.05, 3.63) is 11.4 Å². The minimum Gasteiger partial charge on any atom is -0.504 e. The molecule has 1 aromatic rings. The lowest BCUT2D eigenvalue weighted by atomic mass is 10.2. The van der Waals surface area contributed by atoms with Crippen LogP contribution in [0.1, 0.15) is 31.7 Å². The van der Waals surface area contributed by atoms with Crippen molar-refractivity contribution in [2.45, 2.75) is 40.2 Å². The summed E-state index contributed by atoms with van der Waals surface area (Å²) in [6, 6.07) is 0. The molecule has 1 aromatic heterocycles. The highest BCUT2D eigenvalue weighted by molar-refractivity contribution is 5.31. The second-order valence-electron chi connectivity index (χ2n) is 2.95. The van der Waals surface area contributed by atoms with Gasteiger partial charge in [0.1, 0.15) is 5.69 Å². The average Bonchev–Trinajstić information content (AvgIpc) is 2.33. The summed E-state index contributed by atoms with van der Waals surface area (Å²) in [6.45, 7) is 6.80. The van der Waals surface area contributed by atoms with Gasteiger partial charge in [-0.05, 0) is 20.3 Å². The summed E-state index contributed by atoms with van der Waals surface area (Å²) < 4.78 is 1.87. The van der Waals surface area contributed by atoms with Crippen molar-refractivity contribution < 1.29 is 5.11 Å². The molecule has 0 amide bonds. The van der Waals surface area contributed by atoms with E-state index in [-0.39, 0.29) is 0 Å². The fourth-order valence-electron chi connectivity index (χ4n) is 1.37. The predicted molar refractivity (Wildman–Crippen MR) is 48.3 cm³/mol. The van der Waals surface area contributed by atoms with Crippen LogP contribution in [0.3, 0.4) is 0 Å². The summed E-state index contributed by atoms with van der Waals surface area (Å²) >= 11 is 0. The van der Waals surface area contributed by atoms with E-state index in [0.717, 1.165) is 30.8 Å². The van der Waals surface area contributed by atoms with Crippen LogP contribution >= 0.6 is 0 Å². The maximum atomic E-state index is 9.60. The second kappa shape index (κ2) is 3.61. The topological polar surface area (TPSA) is 38.1 Å². The molecule has 1 rings (SSSR count). The van der Waals surface area contributed by atoms with E-state index in [1.165, 1.54) is 0 Å². The van der Waals surface area contributed by atoms with Gasteiger partial charge in [0.15, 0.2) is 5.75 Å². The van der Waals surface area contributed by atoms with Crippen molar-refractivity contribution in [3.8, 4) is 5.75 Å². The smallest absolute Gasteiger partial charge is 0.159 e. The van der Waals surface area contributed by atoms with Gasteiger partial charge in [-0.1, -0.05) is 13.3 Å². The molecule has 0 saturated carbocycles. The zero-order valence-corrected chi connectivity index (χ0v) is 7.96. The molecule has 1 heterocycles. The summed E-state index contributed by atoms with van der Waals surface area (Å²) in [5.41, 5.74) is 1.71. The third-order valence-corrected chi connectivity index (χ3v) is 1.98. The van der Waals surface area contributed by atoms with Gasteiger partial charge in [-0.15, -0.1) is 0 Å². The molecule has 0 atom stereocenters. The molecule has 68 valence electrons. The highest BCUT2D eigenvalue weighted by Gasteiger charge is 2.11. The molecular weight excluding hydrogens is 152 g/mol. The van der Waals surface area contributed by atoms with Crippen molar-refractivity contribution in [2.75, 3.05) is 0 Å². The molecule has 1 N–H and O–H groups in total. The van der Waals surface area contributed by atoms with Crippen molar-refractivity contribution in [1.29, 1.82) is 0 Å². The van der Waals surface area contributed by atoms with Crippen LogP contribution in [0.2, 0.25) is 0 Å². The monoisotopic (exact) mass is 168 g/mol. The van der Waals surface area contributed by atoms with Gasteiger partial charge in [-0.3, -0.25) is 4.68 Å². The van der Waals surface area contributed by atoms with Gasteiger partial charge >= 0.3 is 0 Å². The summed E-state index contributed by atoms with van der Waals surface area (Å²) in [4.78, 5) is 0. The lowest BCUT2D eigenvalue weighted by Crippen LogP contribution is -2.02. The SMILES string of the molecule is CCCc1c(O)c(C)nn1CC. The molecule has 0 bridgehead atoms. The first-order chi connectivity index (χ1) is 5.70. The van der Waals surface area contributed by atoms with E-state index in [1.807, 2.05) is 18.5 Å². The van der Waals surface area contributed by atoms with E-state index in [2.05, 4.69) is 12.0 Å². The van der Waals surface area contributed by atoms with Crippen LogP contribution in [0.15, 0.2) is 0 Å². The number of aryl methyl sites for hydroxylation is 2. The fraction of sp³-hybridized carbons (Fsp3) is 0.667. The first-order valence-corrected chi connectivity index (χ1v) is 4.45. The highest BCUT2D eigenvalue weighted by Crippen LogP contribution is 2.22. The molecule has 0 aliphatic rings. The normalized spacial score (nSPS) is 10.6. The number of nitrogens with zero attached hydrogens (tertiary/aromatic N) is 2. The van der Waals surface area contributed by atoms with E-state index in [4.69, 9.17) is 0 Å². The molecule has 0 spiro atoms. The van der Waals surface area contributed by atoms with Crippen LogP contribution in [-0.4, -0.2) is 14.9 Å². The molecule has 0 aliphatic carbocycles. The maximum Gasteiger partial charge on any atom is 0.159 e. The standard InChI is InChI=1S/C9H16N2O/c1-4-6-8-9(12)7(3)10-11(8)5-2/h12H,4-6H2,1-3H3. The van der Waals surface area contributed by atoms with Crippen LogP contribution in [-0.2, 0) is 13.0 Å². The number of rotatable bonds is 3. The Balaban J connectivity index is 3.03. The van der Waals surface area contributed by atoms with E-state index in [0.29, 0.717) is 5.75 Å². The third-order valence-electron chi connectivity index (χ3n) is 1.98. The third kappa shape index (κ3) is 1.44. The van der Waals surface area contributed by atoms with Crippen LogP contribution < -0.4 is 0 Å². The maximum absolute atomic E-state index is 9.60. The van der Waals surface area contributed by atoms with Gasteiger partial charge in [-0.25, -0.2) is 0 Å². The van der Waals surface area contributed by atoms with Crippen LogP contribution in [0, 0.1) is 6.92 Å². The zero-order valence-electron chi connectivity index (χ0n) is 7.96. The minimum atomic E-state index is 0.374. The number of aromatic nitrogens is 2. The van der Waals surface area contributed by atoms with Crippen LogP contribution in [0.25, 0.3) is 0 Å². The van der Waals surface area contributed by atoms with Crippen LogP contribution in [0.5, 0.6) is 5.75 Å². The molecule has 0 aromatic carbocycles. The predicted octanol–water partition coefficient (Wildman–Crippen LogP) is 1.87. The largest absolute Gasteiger partial charge is 0.504 e. The number of hydrogen-bond donors (Lipinski definition) is 1. The molecule has 0 radical (unpaired) electrons. The molecule has 0 aliphatic heterocycles. The number of aromatic hydroxyl groups is 1. The van der Waals surface area contributed by atoms with Gasteiger partial charge < -0.3 is 5.11 Å². The molecular formula is C9H16N2O. The fourth-order valence-corrected chi connectivity index (χ4v) is 1.37. The Hall–Kier alpha value is -0.990.